The third kappa shape index (κ3) is 2.94. The Labute approximate surface area is 53.7 Å². The summed E-state index contributed by atoms with van der Waals surface area (Å²) in [5.74, 6) is 0. The van der Waals surface area contributed by atoms with Gasteiger partial charge >= 0.3 is 0 Å². The highest BCUT2D eigenvalue weighted by Gasteiger charge is 1.99. The van der Waals surface area contributed by atoms with Crippen molar-refractivity contribution in [2.75, 3.05) is 6.61 Å². The molecular formula is C3H6NO2PS. The predicted octanol–water partition coefficient (Wildman–Crippen LogP) is 1.74. The lowest BCUT2D eigenvalue weighted by Gasteiger charge is -1.90. The maximum Gasteiger partial charge on any atom is 0.265 e. The summed E-state index contributed by atoms with van der Waals surface area (Å²) < 4.78 is 4.53. The SMILES string of the molecule is CCOP(#N)C(O)=S. The molecule has 5 heteroatoms. The largest absolute Gasteiger partial charge is 0.493 e. The summed E-state index contributed by atoms with van der Waals surface area (Å²) in [6.07, 6.45) is 0. The first-order valence-electron chi connectivity index (χ1n) is 2.03. The van der Waals surface area contributed by atoms with Gasteiger partial charge in [0, 0.05) is 0 Å². The summed E-state index contributed by atoms with van der Waals surface area (Å²) in [5, 5.41) is 16.9. The van der Waals surface area contributed by atoms with Crippen LogP contribution in [0.1, 0.15) is 6.92 Å². The van der Waals surface area contributed by atoms with Crippen LogP contribution >= 0.6 is 20.0 Å². The zero-order chi connectivity index (χ0) is 6.57. The number of rotatable bonds is 1. The molecule has 0 saturated heterocycles. The Hall–Kier alpha value is -0.140. The fourth-order valence-electron chi connectivity index (χ4n) is 0.178. The van der Waals surface area contributed by atoms with Crippen molar-refractivity contribution in [3.05, 3.63) is 0 Å². The average Bonchev–Trinajstić information content (AvgIpc) is 1.67. The highest BCUT2D eigenvalue weighted by molar-refractivity contribution is 7.92. The molecule has 0 aliphatic carbocycles. The molecule has 0 rings (SSSR count). The fraction of sp³-hybridized carbons (Fsp3) is 0.667. The van der Waals surface area contributed by atoms with Crippen LogP contribution in [0.3, 0.4) is 0 Å². The van der Waals surface area contributed by atoms with E-state index in [1.807, 2.05) is 0 Å². The minimum absolute atomic E-state index is 0.364. The summed E-state index contributed by atoms with van der Waals surface area (Å²) >= 11 is 4.19. The summed E-state index contributed by atoms with van der Waals surface area (Å²) in [5.41, 5.74) is 0. The molecule has 0 aliphatic rings. The van der Waals surface area contributed by atoms with Crippen molar-refractivity contribution >= 4 is 24.8 Å². The van der Waals surface area contributed by atoms with Crippen molar-refractivity contribution in [3.63, 3.8) is 0 Å². The zero-order valence-electron chi connectivity index (χ0n) is 4.37. The van der Waals surface area contributed by atoms with Crippen LogP contribution in [-0.4, -0.2) is 16.5 Å². The molecule has 0 aromatic rings. The van der Waals surface area contributed by atoms with Gasteiger partial charge in [-0.3, -0.25) is 0 Å². The first kappa shape index (κ1) is 7.86. The van der Waals surface area contributed by atoms with Crippen molar-refractivity contribution in [2.45, 2.75) is 6.92 Å². The minimum Gasteiger partial charge on any atom is -0.493 e. The maximum atomic E-state index is 8.58. The maximum absolute atomic E-state index is 8.58. The fourth-order valence-corrected chi connectivity index (χ4v) is 0.691. The number of aliphatic hydroxyl groups excluding tert-OH is 1. The lowest BCUT2D eigenvalue weighted by Crippen LogP contribution is -1.84. The molecule has 0 spiro atoms. The second kappa shape index (κ2) is 3.81. The van der Waals surface area contributed by atoms with Crippen molar-refractivity contribution in [2.24, 2.45) is 0 Å². The van der Waals surface area contributed by atoms with Gasteiger partial charge in [0.25, 0.3) is 12.6 Å². The minimum atomic E-state index is -1.85. The van der Waals surface area contributed by atoms with E-state index in [2.05, 4.69) is 16.7 Å². The van der Waals surface area contributed by atoms with E-state index in [1.54, 1.807) is 6.92 Å². The molecule has 0 heterocycles. The van der Waals surface area contributed by atoms with Crippen LogP contribution in [0.5, 0.6) is 0 Å². The Kier molecular flexibility index (Phi) is 3.75. The van der Waals surface area contributed by atoms with Gasteiger partial charge in [0.1, 0.15) is 0 Å². The smallest absolute Gasteiger partial charge is 0.265 e. The standard InChI is InChI=1S/C3H6NO2PS/c1-2-6-7(4)3(5)8/h2H2,1H3,(H,5,8). The lowest BCUT2D eigenvalue weighted by atomic mass is 10.9. The molecule has 46 valence electrons. The molecular weight excluding hydrogens is 145 g/mol. The second-order valence-corrected chi connectivity index (χ2v) is 2.89. The third-order valence-electron chi connectivity index (χ3n) is 0.415. The average molecular weight is 151 g/mol. The Morgan fingerprint density at radius 2 is 2.50 bits per heavy atom. The predicted molar refractivity (Wildman–Crippen MR) is 35.5 cm³/mol. The van der Waals surface area contributed by atoms with Gasteiger partial charge in [-0.05, 0) is 19.1 Å². The zero-order valence-corrected chi connectivity index (χ0v) is 6.08. The van der Waals surface area contributed by atoms with Gasteiger partial charge in [0.05, 0.1) is 6.61 Å². The quantitative estimate of drug-likeness (QED) is 0.458. The number of aliphatic hydroxyl groups is 1. The van der Waals surface area contributed by atoms with E-state index in [9.17, 15) is 0 Å². The van der Waals surface area contributed by atoms with Crippen molar-refractivity contribution < 1.29 is 9.63 Å². The molecule has 0 radical (unpaired) electrons. The lowest BCUT2D eigenvalue weighted by molar-refractivity contribution is 0.386. The second-order valence-electron chi connectivity index (χ2n) is 0.973. The summed E-state index contributed by atoms with van der Waals surface area (Å²) in [7, 11) is -1.85. The van der Waals surface area contributed by atoms with Gasteiger partial charge < -0.3 is 9.63 Å². The van der Waals surface area contributed by atoms with Crippen LogP contribution < -0.4 is 0 Å². The van der Waals surface area contributed by atoms with E-state index in [-0.39, 0.29) is 0 Å². The van der Waals surface area contributed by atoms with Gasteiger partial charge in [-0.2, -0.15) is 0 Å². The Morgan fingerprint density at radius 1 is 2.00 bits per heavy atom. The van der Waals surface area contributed by atoms with Crippen molar-refractivity contribution in [1.82, 2.24) is 0 Å². The molecule has 0 bridgehead atoms. The van der Waals surface area contributed by atoms with Crippen LogP contribution in [0.2, 0.25) is 0 Å². The van der Waals surface area contributed by atoms with E-state index in [0.717, 1.165) is 0 Å². The molecule has 3 nitrogen and oxygen atoms in total. The van der Waals surface area contributed by atoms with E-state index < -0.39 is 12.6 Å². The number of thiocarbonyl (C=S) groups is 1. The van der Waals surface area contributed by atoms with E-state index >= 15 is 0 Å². The summed E-state index contributed by atoms with van der Waals surface area (Å²) in [6, 6.07) is 0. The van der Waals surface area contributed by atoms with Crippen LogP contribution in [-0.2, 0) is 4.52 Å². The first-order valence-corrected chi connectivity index (χ1v) is 3.65. The summed E-state index contributed by atoms with van der Waals surface area (Å²) in [6.45, 7) is 2.08. The molecule has 0 saturated carbocycles. The Bertz CT molecular complexity index is 149. The van der Waals surface area contributed by atoms with E-state index in [4.69, 9.17) is 10.1 Å². The van der Waals surface area contributed by atoms with Crippen molar-refractivity contribution in [3.8, 4) is 0 Å². The molecule has 0 aromatic heterocycles. The molecule has 8 heavy (non-hydrogen) atoms. The number of nitrogens with zero attached hydrogens (tertiary/aromatic N) is 1. The van der Waals surface area contributed by atoms with Gasteiger partial charge in [0.2, 0.25) is 0 Å². The van der Waals surface area contributed by atoms with Gasteiger partial charge in [-0.1, -0.05) is 0 Å². The first-order chi connectivity index (χ1) is 3.68. The van der Waals surface area contributed by atoms with Crippen LogP contribution in [0.15, 0.2) is 0 Å². The molecule has 1 N–H and O–H groups in total. The topological polar surface area (TPSA) is 53.2 Å². The van der Waals surface area contributed by atoms with Crippen LogP contribution in [0.4, 0.5) is 0 Å². The van der Waals surface area contributed by atoms with Crippen LogP contribution in [0.25, 0.3) is 0 Å². The summed E-state index contributed by atoms with van der Waals surface area (Å²) in [4.78, 5) is -0.457. The molecule has 0 aromatic carbocycles. The van der Waals surface area contributed by atoms with E-state index in [0.29, 0.717) is 6.61 Å². The Balaban J connectivity index is 3.56. The number of hydrogen-bond acceptors (Lipinski definition) is 3. The number of hydrogen-bond donors (Lipinski definition) is 1. The van der Waals surface area contributed by atoms with Gasteiger partial charge in [0.15, 0.2) is 0 Å². The van der Waals surface area contributed by atoms with Gasteiger partial charge in [-0.15, -0.1) is 0 Å². The Morgan fingerprint density at radius 3 is 2.62 bits per heavy atom. The van der Waals surface area contributed by atoms with E-state index in [1.165, 1.54) is 0 Å². The molecule has 0 aliphatic heterocycles. The van der Waals surface area contributed by atoms with Crippen LogP contribution in [0, 0.1) is 5.00 Å². The van der Waals surface area contributed by atoms with Crippen molar-refractivity contribution in [1.29, 1.82) is 5.00 Å². The van der Waals surface area contributed by atoms with Gasteiger partial charge in [-0.25, -0.2) is 5.00 Å². The third-order valence-corrected chi connectivity index (χ3v) is 1.71. The molecule has 0 amide bonds. The molecule has 1 unspecified atom stereocenters. The highest BCUT2D eigenvalue weighted by atomic mass is 32.1. The molecule has 1 atom stereocenters. The normalized spacial score (nSPS) is 10.8. The monoisotopic (exact) mass is 151 g/mol. The molecule has 0 fully saturated rings. The highest BCUT2D eigenvalue weighted by Crippen LogP contribution is 2.18.